The number of benzene rings is 1. The summed E-state index contributed by atoms with van der Waals surface area (Å²) in [4.78, 5) is 0. The maximum atomic E-state index is 2.23. The number of hydrogen-bond donors (Lipinski definition) is 0. The molecule has 0 heterocycles. The molecule has 0 radical (unpaired) electrons. The first-order valence-electron chi connectivity index (χ1n) is 4.86. The smallest absolute Gasteiger partial charge is 0.00857 e. The zero-order chi connectivity index (χ0) is 9.10. The average molecular weight is 170 g/mol. The summed E-state index contributed by atoms with van der Waals surface area (Å²) in [6, 6.07) is 6.57. The van der Waals surface area contributed by atoms with E-state index < -0.39 is 0 Å². The molecule has 1 aromatic carbocycles. The van der Waals surface area contributed by atoms with Crippen molar-refractivity contribution in [3.8, 4) is 0 Å². The summed E-state index contributed by atoms with van der Waals surface area (Å²) >= 11 is 0. The van der Waals surface area contributed by atoms with Crippen LogP contribution in [0.1, 0.15) is 23.6 Å². The number of allylic oxidation sites excluding steroid dienone is 3. The molecule has 1 aromatic rings. The molecule has 0 unspecified atom stereocenters. The van der Waals surface area contributed by atoms with Gasteiger partial charge in [0.05, 0.1) is 0 Å². The van der Waals surface area contributed by atoms with Crippen molar-refractivity contribution in [3.63, 3.8) is 0 Å². The van der Waals surface area contributed by atoms with Crippen molar-refractivity contribution in [1.82, 2.24) is 0 Å². The monoisotopic (exact) mass is 170 g/mol. The summed E-state index contributed by atoms with van der Waals surface area (Å²) in [6.45, 7) is 2.22. The third-order valence-corrected chi connectivity index (χ3v) is 2.54. The lowest BCUT2D eigenvalue weighted by Gasteiger charge is -2.08. The molecule has 2 rings (SSSR count). The van der Waals surface area contributed by atoms with Crippen LogP contribution >= 0.6 is 0 Å². The molecule has 0 atom stereocenters. The molecule has 13 heavy (non-hydrogen) atoms. The molecule has 0 N–H and O–H groups in total. The van der Waals surface area contributed by atoms with E-state index in [2.05, 4.69) is 49.4 Å². The number of aryl methyl sites for hydroxylation is 1. The minimum absolute atomic E-state index is 1.08. The SMILES string of the molecule is CCc1cccc2c1CC=CC=C2. The molecular formula is C13H14. The lowest BCUT2D eigenvalue weighted by molar-refractivity contribution is 1.08. The van der Waals surface area contributed by atoms with Gasteiger partial charge in [-0.3, -0.25) is 0 Å². The van der Waals surface area contributed by atoms with Crippen LogP contribution in [0.15, 0.2) is 36.4 Å². The van der Waals surface area contributed by atoms with Crippen LogP contribution < -0.4 is 0 Å². The van der Waals surface area contributed by atoms with Crippen molar-refractivity contribution in [2.75, 3.05) is 0 Å². The van der Waals surface area contributed by atoms with E-state index in [4.69, 9.17) is 0 Å². The Hall–Kier alpha value is -1.30. The summed E-state index contributed by atoms with van der Waals surface area (Å²) in [6.07, 6.45) is 10.9. The second-order valence-corrected chi connectivity index (χ2v) is 3.33. The highest BCUT2D eigenvalue weighted by Gasteiger charge is 2.04. The molecular weight excluding hydrogens is 156 g/mol. The van der Waals surface area contributed by atoms with Crippen LogP contribution in [-0.4, -0.2) is 0 Å². The van der Waals surface area contributed by atoms with Crippen molar-refractivity contribution in [1.29, 1.82) is 0 Å². The standard InChI is InChI=1S/C13H14/c1-2-11-8-6-9-12-7-4-3-5-10-13(11)12/h3-9H,2,10H2,1H3. The minimum atomic E-state index is 1.08. The maximum absolute atomic E-state index is 2.23. The zero-order valence-corrected chi connectivity index (χ0v) is 7.96. The molecule has 1 aliphatic rings. The van der Waals surface area contributed by atoms with E-state index in [1.165, 1.54) is 16.7 Å². The molecule has 66 valence electrons. The van der Waals surface area contributed by atoms with E-state index in [-0.39, 0.29) is 0 Å². The van der Waals surface area contributed by atoms with Crippen LogP contribution in [0.25, 0.3) is 6.08 Å². The fourth-order valence-electron chi connectivity index (χ4n) is 1.81. The Kier molecular flexibility index (Phi) is 2.31. The Morgan fingerprint density at radius 1 is 1.23 bits per heavy atom. The van der Waals surface area contributed by atoms with Gasteiger partial charge in [0.2, 0.25) is 0 Å². The quantitative estimate of drug-likeness (QED) is 0.606. The first-order chi connectivity index (χ1) is 6.42. The highest BCUT2D eigenvalue weighted by molar-refractivity contribution is 5.59. The first-order valence-corrected chi connectivity index (χ1v) is 4.86. The number of hydrogen-bond acceptors (Lipinski definition) is 0. The van der Waals surface area contributed by atoms with Gasteiger partial charge in [-0.05, 0) is 29.5 Å². The van der Waals surface area contributed by atoms with Gasteiger partial charge in [-0.25, -0.2) is 0 Å². The van der Waals surface area contributed by atoms with Gasteiger partial charge in [0.25, 0.3) is 0 Å². The van der Waals surface area contributed by atoms with Crippen LogP contribution in [0.2, 0.25) is 0 Å². The summed E-state index contributed by atoms with van der Waals surface area (Å²) in [5, 5.41) is 0. The fraction of sp³-hybridized carbons (Fsp3) is 0.231. The Bertz CT molecular complexity index is 356. The van der Waals surface area contributed by atoms with Crippen LogP contribution in [0.3, 0.4) is 0 Å². The van der Waals surface area contributed by atoms with E-state index in [1.54, 1.807) is 0 Å². The first kappa shape index (κ1) is 8.31. The Balaban J connectivity index is 2.54. The molecule has 0 heteroatoms. The van der Waals surface area contributed by atoms with Gasteiger partial charge >= 0.3 is 0 Å². The van der Waals surface area contributed by atoms with Crippen LogP contribution in [0.5, 0.6) is 0 Å². The predicted octanol–water partition coefficient (Wildman–Crippen LogP) is 3.37. The summed E-state index contributed by atoms with van der Waals surface area (Å²) in [5.74, 6) is 0. The van der Waals surface area contributed by atoms with E-state index in [9.17, 15) is 0 Å². The third kappa shape index (κ3) is 1.57. The van der Waals surface area contributed by atoms with Gasteiger partial charge in [-0.2, -0.15) is 0 Å². The third-order valence-electron chi connectivity index (χ3n) is 2.54. The Morgan fingerprint density at radius 2 is 2.15 bits per heavy atom. The van der Waals surface area contributed by atoms with Crippen molar-refractivity contribution in [3.05, 3.63) is 53.1 Å². The van der Waals surface area contributed by atoms with E-state index >= 15 is 0 Å². The minimum Gasteiger partial charge on any atom is -0.0801 e. The Morgan fingerprint density at radius 3 is 3.00 bits per heavy atom. The zero-order valence-electron chi connectivity index (χ0n) is 7.96. The van der Waals surface area contributed by atoms with Gasteiger partial charge in [0, 0.05) is 0 Å². The van der Waals surface area contributed by atoms with Crippen molar-refractivity contribution in [2.45, 2.75) is 19.8 Å². The topological polar surface area (TPSA) is 0 Å². The normalized spacial score (nSPS) is 13.9. The lowest BCUT2D eigenvalue weighted by atomic mass is 9.97. The van der Waals surface area contributed by atoms with Gasteiger partial charge < -0.3 is 0 Å². The van der Waals surface area contributed by atoms with Crippen LogP contribution in [0, 0.1) is 0 Å². The summed E-state index contributed by atoms with van der Waals surface area (Å²) in [5.41, 5.74) is 4.35. The Labute approximate surface area is 79.6 Å². The van der Waals surface area contributed by atoms with Crippen molar-refractivity contribution >= 4 is 6.08 Å². The number of rotatable bonds is 1. The molecule has 0 saturated heterocycles. The highest BCUT2D eigenvalue weighted by Crippen LogP contribution is 2.20. The molecule has 0 saturated carbocycles. The van der Waals surface area contributed by atoms with Gasteiger partial charge in [-0.1, -0.05) is 49.4 Å². The maximum Gasteiger partial charge on any atom is -0.00857 e. The van der Waals surface area contributed by atoms with Gasteiger partial charge in [-0.15, -0.1) is 0 Å². The van der Waals surface area contributed by atoms with Gasteiger partial charge in [0.15, 0.2) is 0 Å². The number of fused-ring (bicyclic) bond motifs is 1. The highest BCUT2D eigenvalue weighted by atomic mass is 14.1. The van der Waals surface area contributed by atoms with E-state index in [1.807, 2.05) is 0 Å². The van der Waals surface area contributed by atoms with E-state index in [0.29, 0.717) is 0 Å². The molecule has 1 aliphatic carbocycles. The largest absolute Gasteiger partial charge is 0.0801 e. The molecule has 0 spiro atoms. The van der Waals surface area contributed by atoms with Gasteiger partial charge in [0.1, 0.15) is 0 Å². The second-order valence-electron chi connectivity index (χ2n) is 3.33. The summed E-state index contributed by atoms with van der Waals surface area (Å²) in [7, 11) is 0. The molecule has 0 nitrogen and oxygen atoms in total. The molecule has 0 bridgehead atoms. The predicted molar refractivity (Wildman–Crippen MR) is 57.7 cm³/mol. The molecule has 0 aromatic heterocycles. The van der Waals surface area contributed by atoms with Crippen LogP contribution in [0.4, 0.5) is 0 Å². The van der Waals surface area contributed by atoms with Crippen molar-refractivity contribution in [2.24, 2.45) is 0 Å². The second kappa shape index (κ2) is 3.61. The van der Waals surface area contributed by atoms with Crippen molar-refractivity contribution < 1.29 is 0 Å². The average Bonchev–Trinajstić information content (AvgIpc) is 2.41. The lowest BCUT2D eigenvalue weighted by Crippen LogP contribution is -1.93. The molecule has 0 fully saturated rings. The van der Waals surface area contributed by atoms with Crippen LogP contribution in [-0.2, 0) is 12.8 Å². The summed E-state index contributed by atoms with van der Waals surface area (Å²) < 4.78 is 0. The van der Waals surface area contributed by atoms with E-state index in [0.717, 1.165) is 12.8 Å². The fourth-order valence-corrected chi connectivity index (χ4v) is 1.81. The molecule has 0 amide bonds. The molecule has 0 aliphatic heterocycles.